The predicted octanol–water partition coefficient (Wildman–Crippen LogP) is 19.1. The van der Waals surface area contributed by atoms with Crippen LogP contribution in [0.5, 0.6) is 0 Å². The summed E-state index contributed by atoms with van der Waals surface area (Å²) < 4.78 is 68.2. The molecule has 0 aromatic heterocycles. The van der Waals surface area contributed by atoms with Gasteiger partial charge in [-0.2, -0.15) is 0 Å². The van der Waals surface area contributed by atoms with Gasteiger partial charge >= 0.3 is 39.5 Å². The molecule has 0 saturated heterocycles. The minimum Gasteiger partial charge on any atom is -0.462 e. The fourth-order valence-corrected chi connectivity index (χ4v) is 11.8. The van der Waals surface area contributed by atoms with Crippen molar-refractivity contribution in [3.05, 3.63) is 0 Å². The lowest BCUT2D eigenvalue weighted by Crippen LogP contribution is -2.30. The zero-order valence-electron chi connectivity index (χ0n) is 56.5. The molecule has 516 valence electrons. The van der Waals surface area contributed by atoms with E-state index in [0.717, 1.165) is 108 Å². The molecule has 2 unspecified atom stereocenters. The van der Waals surface area contributed by atoms with E-state index >= 15 is 0 Å². The monoisotopic (exact) mass is 1280 g/mol. The average molecular weight is 1280 g/mol. The zero-order chi connectivity index (χ0) is 64.5. The molecular weight excluding hydrogens is 1150 g/mol. The van der Waals surface area contributed by atoms with E-state index in [1.807, 2.05) is 0 Å². The number of rotatable bonds is 66. The molecule has 0 heterocycles. The van der Waals surface area contributed by atoms with Crippen LogP contribution in [0.1, 0.15) is 337 Å². The molecule has 0 bridgehead atoms. The van der Waals surface area contributed by atoms with Crippen molar-refractivity contribution in [2.45, 2.75) is 356 Å². The van der Waals surface area contributed by atoms with Crippen LogP contribution in [-0.2, 0) is 65.4 Å². The molecule has 17 nitrogen and oxygen atoms in total. The number of hydrogen-bond donors (Lipinski definition) is 3. The third-order valence-electron chi connectivity index (χ3n) is 15.6. The largest absolute Gasteiger partial charge is 0.472 e. The summed E-state index contributed by atoms with van der Waals surface area (Å²) in [6.07, 6.45) is 41.8. The molecule has 0 saturated carbocycles. The minimum atomic E-state index is -4.95. The molecule has 0 rings (SSSR count). The van der Waals surface area contributed by atoms with E-state index in [1.165, 1.54) is 141 Å². The summed E-state index contributed by atoms with van der Waals surface area (Å²) in [7, 11) is -9.90. The summed E-state index contributed by atoms with van der Waals surface area (Å²) in [5.41, 5.74) is 0. The van der Waals surface area contributed by atoms with E-state index in [-0.39, 0.29) is 25.7 Å². The first-order chi connectivity index (χ1) is 41.7. The van der Waals surface area contributed by atoms with Gasteiger partial charge in [-0.15, -0.1) is 0 Å². The van der Waals surface area contributed by atoms with Crippen LogP contribution in [0.25, 0.3) is 0 Å². The summed E-state index contributed by atoms with van der Waals surface area (Å²) >= 11 is 0. The second-order valence-electron chi connectivity index (χ2n) is 26.0. The molecule has 0 aliphatic rings. The predicted molar refractivity (Wildman–Crippen MR) is 349 cm³/mol. The molecule has 0 amide bonds. The highest BCUT2D eigenvalue weighted by atomic mass is 31.2. The van der Waals surface area contributed by atoms with Crippen molar-refractivity contribution in [3.8, 4) is 0 Å². The Hall–Kier alpha value is -1.94. The molecule has 0 aromatic rings. The van der Waals surface area contributed by atoms with Crippen LogP contribution in [0.15, 0.2) is 0 Å². The Labute approximate surface area is 530 Å². The Balaban J connectivity index is 5.24. The van der Waals surface area contributed by atoms with Gasteiger partial charge in [0.1, 0.15) is 19.3 Å². The first-order valence-electron chi connectivity index (χ1n) is 35.3. The van der Waals surface area contributed by atoms with Crippen molar-refractivity contribution in [1.82, 2.24) is 0 Å². The van der Waals surface area contributed by atoms with Crippen LogP contribution in [0, 0.1) is 17.8 Å². The highest BCUT2D eigenvalue weighted by Crippen LogP contribution is 2.45. The highest BCUT2D eigenvalue weighted by Gasteiger charge is 2.30. The van der Waals surface area contributed by atoms with Gasteiger partial charge in [-0.1, -0.05) is 286 Å². The number of aliphatic hydroxyl groups is 1. The third-order valence-corrected chi connectivity index (χ3v) is 17.5. The van der Waals surface area contributed by atoms with E-state index in [0.29, 0.717) is 31.6 Å². The molecule has 0 aliphatic carbocycles. The number of aliphatic hydroxyl groups excluding tert-OH is 1. The maximum absolute atomic E-state index is 13.0. The molecule has 0 aliphatic heterocycles. The maximum Gasteiger partial charge on any atom is 0.472 e. The van der Waals surface area contributed by atoms with Gasteiger partial charge in [0.15, 0.2) is 12.2 Å². The number of hydrogen-bond acceptors (Lipinski definition) is 15. The van der Waals surface area contributed by atoms with Gasteiger partial charge in [-0.3, -0.25) is 37.3 Å². The minimum absolute atomic E-state index is 0.105. The number of phosphoric ester groups is 2. The number of unbranched alkanes of at least 4 members (excludes halogenated alkanes) is 34. The SMILES string of the molecule is CCCCCCCCCCCCCC(=O)O[C@H](COC(=O)CCCCCCCCC(C)C)COP(=O)(O)OC[C@H](O)COP(=O)(O)OC[C@@H](COC(=O)CCCCCCCCCCCC(C)C)OC(=O)CCCCCCCCCCCCCCC(C)C. The third kappa shape index (κ3) is 62.6. The Morgan fingerprint density at radius 1 is 0.310 bits per heavy atom. The average Bonchev–Trinajstić information content (AvgIpc) is 3.56. The highest BCUT2D eigenvalue weighted by molar-refractivity contribution is 7.47. The molecule has 5 atom stereocenters. The summed E-state index contributed by atoms with van der Waals surface area (Å²) in [6.45, 7) is 11.7. The summed E-state index contributed by atoms with van der Waals surface area (Å²) in [5, 5.41) is 10.6. The topological polar surface area (TPSA) is 237 Å². The normalized spacial score (nSPS) is 14.3. The molecular formula is C68H132O17P2. The maximum atomic E-state index is 13.0. The number of phosphoric acid groups is 2. The standard InChI is InChI=1S/C68H132O17P2/c1-8-9-10-11-12-13-16-22-28-37-44-51-67(72)85-64(56-79-66(71)50-43-36-31-30-34-41-48-61(6)7)58-83-87(76,77)81-54-62(69)53-80-86(74,75)82-57-63(55-78-65(70)49-42-35-27-24-19-21-26-33-40-47-60(4)5)84-68(73)52-45-38-29-23-18-15-14-17-20-25-32-39-46-59(2)3/h59-64,69H,8-58H2,1-7H3,(H,74,75)(H,76,77)/t62-,63-,64-/m1/s1. The summed E-state index contributed by atoms with van der Waals surface area (Å²) in [4.78, 5) is 72.4. The smallest absolute Gasteiger partial charge is 0.462 e. The molecule has 0 spiro atoms. The Morgan fingerprint density at radius 2 is 0.529 bits per heavy atom. The van der Waals surface area contributed by atoms with Gasteiger partial charge in [-0.25, -0.2) is 9.13 Å². The van der Waals surface area contributed by atoms with E-state index in [4.69, 9.17) is 37.0 Å². The van der Waals surface area contributed by atoms with Crippen molar-refractivity contribution in [2.24, 2.45) is 17.8 Å². The van der Waals surface area contributed by atoms with Crippen LogP contribution >= 0.6 is 15.6 Å². The molecule has 87 heavy (non-hydrogen) atoms. The zero-order valence-corrected chi connectivity index (χ0v) is 58.3. The first-order valence-corrected chi connectivity index (χ1v) is 38.3. The van der Waals surface area contributed by atoms with Crippen LogP contribution in [0.3, 0.4) is 0 Å². The fraction of sp³-hybridized carbons (Fsp3) is 0.941. The van der Waals surface area contributed by atoms with Crippen LogP contribution in [0.2, 0.25) is 0 Å². The van der Waals surface area contributed by atoms with Gasteiger partial charge in [-0.05, 0) is 43.4 Å². The van der Waals surface area contributed by atoms with E-state index < -0.39 is 97.5 Å². The van der Waals surface area contributed by atoms with Crippen molar-refractivity contribution >= 4 is 39.5 Å². The van der Waals surface area contributed by atoms with Crippen LogP contribution < -0.4 is 0 Å². The fourth-order valence-electron chi connectivity index (χ4n) is 10.2. The van der Waals surface area contributed by atoms with Crippen LogP contribution in [0.4, 0.5) is 0 Å². The number of esters is 4. The van der Waals surface area contributed by atoms with Crippen molar-refractivity contribution < 1.29 is 80.2 Å². The molecule has 0 aromatic carbocycles. The van der Waals surface area contributed by atoms with Crippen molar-refractivity contribution in [3.63, 3.8) is 0 Å². The molecule has 3 N–H and O–H groups in total. The van der Waals surface area contributed by atoms with Gasteiger partial charge in [0.05, 0.1) is 26.4 Å². The number of ether oxygens (including phenoxy) is 4. The van der Waals surface area contributed by atoms with Gasteiger partial charge < -0.3 is 33.8 Å². The van der Waals surface area contributed by atoms with E-state index in [9.17, 15) is 43.2 Å². The quantitative estimate of drug-likeness (QED) is 0.0222. The lowest BCUT2D eigenvalue weighted by atomic mass is 10.0. The van der Waals surface area contributed by atoms with E-state index in [2.05, 4.69) is 48.5 Å². The second-order valence-corrected chi connectivity index (χ2v) is 28.9. The Morgan fingerprint density at radius 3 is 0.782 bits per heavy atom. The lowest BCUT2D eigenvalue weighted by molar-refractivity contribution is -0.161. The second kappa shape index (κ2) is 59.1. The van der Waals surface area contributed by atoms with Gasteiger partial charge in [0.25, 0.3) is 0 Å². The first kappa shape index (κ1) is 85.1. The summed E-state index contributed by atoms with van der Waals surface area (Å²) in [5.74, 6) is 0.0698. The van der Waals surface area contributed by atoms with Gasteiger partial charge in [0, 0.05) is 25.7 Å². The van der Waals surface area contributed by atoms with Crippen LogP contribution in [-0.4, -0.2) is 96.7 Å². The molecule has 0 radical (unpaired) electrons. The number of carbonyl (C=O) groups is 4. The summed E-state index contributed by atoms with van der Waals surface area (Å²) in [6, 6.07) is 0. The Kier molecular flexibility index (Phi) is 57.8. The van der Waals surface area contributed by atoms with Crippen molar-refractivity contribution in [2.75, 3.05) is 39.6 Å². The molecule has 0 fully saturated rings. The number of carbonyl (C=O) groups excluding carboxylic acids is 4. The van der Waals surface area contributed by atoms with Crippen molar-refractivity contribution in [1.29, 1.82) is 0 Å². The Bertz CT molecular complexity index is 1720. The van der Waals surface area contributed by atoms with E-state index in [1.54, 1.807) is 0 Å². The lowest BCUT2D eigenvalue weighted by Gasteiger charge is -2.21. The molecule has 19 heteroatoms. The van der Waals surface area contributed by atoms with Gasteiger partial charge in [0.2, 0.25) is 0 Å².